The molecule has 0 saturated carbocycles. The van der Waals surface area contributed by atoms with Crippen LogP contribution in [-0.4, -0.2) is 15.6 Å². The van der Waals surface area contributed by atoms with Gasteiger partial charge in [0.2, 0.25) is 5.78 Å². The van der Waals surface area contributed by atoms with Gasteiger partial charge in [-0.25, -0.2) is 4.68 Å². The van der Waals surface area contributed by atoms with Gasteiger partial charge in [-0.05, 0) is 39.5 Å². The molecule has 0 fully saturated rings. The van der Waals surface area contributed by atoms with Crippen molar-refractivity contribution in [1.82, 2.24) is 9.78 Å². The van der Waals surface area contributed by atoms with Crippen molar-refractivity contribution in [3.05, 3.63) is 69.1 Å². The molecule has 0 radical (unpaired) electrons. The third-order valence-electron chi connectivity index (χ3n) is 2.69. The second-order valence-corrected chi connectivity index (χ2v) is 5.71. The normalized spacial score (nSPS) is 10.6. The highest BCUT2D eigenvalue weighted by Gasteiger charge is 2.16. The number of hydrogen-bond acceptors (Lipinski definition) is 3. The zero-order chi connectivity index (χ0) is 13.2. The Kier molecular flexibility index (Phi) is 3.31. The fourth-order valence-electron chi connectivity index (χ4n) is 1.75. The third kappa shape index (κ3) is 2.39. The molecule has 0 spiro atoms. The predicted octanol–water partition coefficient (Wildman–Crippen LogP) is 3.93. The highest BCUT2D eigenvalue weighted by atomic mass is 79.9. The zero-order valence-corrected chi connectivity index (χ0v) is 12.2. The van der Waals surface area contributed by atoms with E-state index in [0.717, 1.165) is 10.2 Å². The van der Waals surface area contributed by atoms with Crippen molar-refractivity contribution in [3.8, 4) is 5.69 Å². The minimum atomic E-state index is -0.0101. The van der Waals surface area contributed by atoms with E-state index in [2.05, 4.69) is 21.0 Å². The Morgan fingerprint density at radius 3 is 2.68 bits per heavy atom. The highest BCUT2D eigenvalue weighted by Crippen LogP contribution is 2.25. The number of nitrogens with zero attached hydrogens (tertiary/aromatic N) is 2. The van der Waals surface area contributed by atoms with Crippen molar-refractivity contribution in [1.29, 1.82) is 0 Å². The maximum atomic E-state index is 12.3. The second kappa shape index (κ2) is 5.11. The molecule has 0 saturated heterocycles. The Bertz CT molecular complexity index is 718. The van der Waals surface area contributed by atoms with Gasteiger partial charge in [-0.2, -0.15) is 5.10 Å². The number of carbonyl (C=O) groups is 1. The van der Waals surface area contributed by atoms with Gasteiger partial charge in [0.15, 0.2) is 0 Å². The number of thiophene rings is 1. The van der Waals surface area contributed by atoms with Crippen molar-refractivity contribution < 1.29 is 4.79 Å². The van der Waals surface area contributed by atoms with E-state index < -0.39 is 0 Å². The summed E-state index contributed by atoms with van der Waals surface area (Å²) in [7, 11) is 0. The van der Waals surface area contributed by atoms with E-state index >= 15 is 0 Å². The molecule has 3 nitrogen and oxygen atoms in total. The molecular formula is C14H9BrN2OS. The van der Waals surface area contributed by atoms with Crippen molar-refractivity contribution in [2.24, 2.45) is 0 Å². The minimum Gasteiger partial charge on any atom is -0.288 e. The Morgan fingerprint density at radius 2 is 2.00 bits per heavy atom. The minimum absolute atomic E-state index is 0.0101. The smallest absolute Gasteiger partial charge is 0.207 e. The molecule has 19 heavy (non-hydrogen) atoms. The Morgan fingerprint density at radius 1 is 1.21 bits per heavy atom. The Labute approximate surface area is 122 Å². The molecular weight excluding hydrogens is 324 g/mol. The average molecular weight is 333 g/mol. The topological polar surface area (TPSA) is 34.9 Å². The summed E-state index contributed by atoms with van der Waals surface area (Å²) in [5.74, 6) is -0.0101. The van der Waals surface area contributed by atoms with Crippen molar-refractivity contribution in [2.45, 2.75) is 0 Å². The number of aromatic nitrogens is 2. The number of hydrogen-bond donors (Lipinski definition) is 0. The quantitative estimate of drug-likeness (QED) is 0.681. The molecule has 0 atom stereocenters. The summed E-state index contributed by atoms with van der Waals surface area (Å²) in [5.41, 5.74) is 1.53. The molecule has 2 aromatic heterocycles. The van der Waals surface area contributed by atoms with Crippen LogP contribution in [0.25, 0.3) is 5.69 Å². The molecule has 0 unspecified atom stereocenters. The lowest BCUT2D eigenvalue weighted by Gasteiger charge is -1.99. The van der Waals surface area contributed by atoms with Gasteiger partial charge in [-0.1, -0.05) is 18.2 Å². The summed E-state index contributed by atoms with van der Waals surface area (Å²) in [6.45, 7) is 0. The molecule has 0 amide bonds. The molecule has 94 valence electrons. The first-order chi connectivity index (χ1) is 9.25. The molecule has 3 rings (SSSR count). The van der Waals surface area contributed by atoms with E-state index in [1.807, 2.05) is 41.8 Å². The van der Waals surface area contributed by atoms with Crippen LogP contribution in [0.5, 0.6) is 0 Å². The number of halogens is 1. The third-order valence-corrected chi connectivity index (χ3v) is 4.53. The van der Waals surface area contributed by atoms with Crippen LogP contribution >= 0.6 is 27.3 Å². The molecule has 0 bridgehead atoms. The van der Waals surface area contributed by atoms with Gasteiger partial charge in [0.05, 0.1) is 22.3 Å². The summed E-state index contributed by atoms with van der Waals surface area (Å²) in [4.78, 5) is 13.0. The second-order valence-electron chi connectivity index (χ2n) is 3.94. The fourth-order valence-corrected chi connectivity index (χ4v) is 3.26. The molecule has 0 aliphatic heterocycles. The first-order valence-corrected chi connectivity index (χ1v) is 7.31. The van der Waals surface area contributed by atoms with Gasteiger partial charge >= 0.3 is 0 Å². The Hall–Kier alpha value is -1.72. The lowest BCUT2D eigenvalue weighted by molar-refractivity contribution is 0.104. The maximum absolute atomic E-state index is 12.3. The van der Waals surface area contributed by atoms with Crippen molar-refractivity contribution in [3.63, 3.8) is 0 Å². The highest BCUT2D eigenvalue weighted by molar-refractivity contribution is 9.10. The van der Waals surface area contributed by atoms with Crippen LogP contribution in [0.2, 0.25) is 0 Å². The SMILES string of the molecule is O=C(c1cnn(-c2ccccc2)c1)c1sccc1Br. The van der Waals surface area contributed by atoms with E-state index in [0.29, 0.717) is 10.4 Å². The summed E-state index contributed by atoms with van der Waals surface area (Å²) in [6.07, 6.45) is 3.35. The molecule has 0 aliphatic carbocycles. The van der Waals surface area contributed by atoms with Crippen LogP contribution in [-0.2, 0) is 0 Å². The molecule has 5 heteroatoms. The van der Waals surface area contributed by atoms with Gasteiger partial charge in [-0.3, -0.25) is 4.79 Å². The maximum Gasteiger partial charge on any atom is 0.207 e. The van der Waals surface area contributed by atoms with Gasteiger partial charge < -0.3 is 0 Å². The van der Waals surface area contributed by atoms with Gasteiger partial charge in [0.1, 0.15) is 0 Å². The number of carbonyl (C=O) groups excluding carboxylic acids is 1. The van der Waals surface area contributed by atoms with Crippen molar-refractivity contribution >= 4 is 33.0 Å². The summed E-state index contributed by atoms with van der Waals surface area (Å²) in [5, 5.41) is 6.12. The summed E-state index contributed by atoms with van der Waals surface area (Å²) in [6, 6.07) is 11.6. The number of ketones is 1. The van der Waals surface area contributed by atoms with Gasteiger partial charge in [0.25, 0.3) is 0 Å². The van der Waals surface area contributed by atoms with Gasteiger partial charge in [-0.15, -0.1) is 11.3 Å². The zero-order valence-electron chi connectivity index (χ0n) is 9.79. The predicted molar refractivity (Wildman–Crippen MR) is 79.0 cm³/mol. The lowest BCUT2D eigenvalue weighted by Crippen LogP contribution is -1.98. The number of benzene rings is 1. The van der Waals surface area contributed by atoms with Crippen LogP contribution in [0.3, 0.4) is 0 Å². The standard InChI is InChI=1S/C14H9BrN2OS/c15-12-6-7-19-14(12)13(18)10-8-16-17(9-10)11-4-2-1-3-5-11/h1-9H. The molecule has 2 heterocycles. The van der Waals surface area contributed by atoms with Crippen molar-refractivity contribution in [2.75, 3.05) is 0 Å². The molecule has 0 aliphatic rings. The number of para-hydroxylation sites is 1. The Balaban J connectivity index is 1.94. The molecule has 3 aromatic rings. The lowest BCUT2D eigenvalue weighted by atomic mass is 10.2. The van der Waals surface area contributed by atoms with Crippen LogP contribution in [0.15, 0.2) is 58.6 Å². The largest absolute Gasteiger partial charge is 0.288 e. The molecule has 0 N–H and O–H groups in total. The summed E-state index contributed by atoms with van der Waals surface area (Å²) >= 11 is 4.80. The molecule has 1 aromatic carbocycles. The van der Waals surface area contributed by atoms with E-state index in [-0.39, 0.29) is 5.78 Å². The number of rotatable bonds is 3. The van der Waals surface area contributed by atoms with E-state index in [9.17, 15) is 4.79 Å². The monoisotopic (exact) mass is 332 g/mol. The van der Waals surface area contributed by atoms with Crippen LogP contribution < -0.4 is 0 Å². The van der Waals surface area contributed by atoms with Crippen LogP contribution in [0.4, 0.5) is 0 Å². The first kappa shape index (κ1) is 12.3. The summed E-state index contributed by atoms with van der Waals surface area (Å²) < 4.78 is 2.53. The average Bonchev–Trinajstić information content (AvgIpc) is 3.08. The van der Waals surface area contributed by atoms with Gasteiger partial charge in [0, 0.05) is 10.7 Å². The van der Waals surface area contributed by atoms with Crippen LogP contribution in [0.1, 0.15) is 15.2 Å². The van der Waals surface area contributed by atoms with Crippen LogP contribution in [0, 0.1) is 0 Å². The van der Waals surface area contributed by atoms with E-state index in [1.165, 1.54) is 11.3 Å². The fraction of sp³-hybridized carbons (Fsp3) is 0. The van der Waals surface area contributed by atoms with E-state index in [4.69, 9.17) is 0 Å². The van der Waals surface area contributed by atoms with E-state index in [1.54, 1.807) is 17.1 Å². The first-order valence-electron chi connectivity index (χ1n) is 5.63.